The van der Waals surface area contributed by atoms with Gasteiger partial charge in [0.1, 0.15) is 18.1 Å². The molecule has 3 rings (SSSR count). The van der Waals surface area contributed by atoms with Crippen LogP contribution in [0.25, 0.3) is 0 Å². The summed E-state index contributed by atoms with van der Waals surface area (Å²) in [6.07, 6.45) is -6.02. The predicted molar refractivity (Wildman–Crippen MR) is 114 cm³/mol. The molecule has 0 bridgehead atoms. The number of methoxy groups -OCH3 is 1. The minimum Gasteiger partial charge on any atom is -0.497 e. The van der Waals surface area contributed by atoms with Crippen LogP contribution in [0.5, 0.6) is 11.5 Å². The summed E-state index contributed by atoms with van der Waals surface area (Å²) in [5.74, 6) is 0.856. The first-order chi connectivity index (χ1) is 14.9. The SMILES string of the molecule is COc1ccc(Cl)c(S(=O)N2CCOc3ccc(NC(=O)OC(C)(C)C(F)(F)F)cc32)c1. The number of ether oxygens (including phenoxy) is 3. The van der Waals surface area contributed by atoms with Crippen molar-refractivity contribution in [3.63, 3.8) is 0 Å². The molecule has 1 aliphatic heterocycles. The third-order valence-electron chi connectivity index (χ3n) is 4.58. The van der Waals surface area contributed by atoms with Crippen molar-refractivity contribution in [2.75, 3.05) is 29.9 Å². The smallest absolute Gasteiger partial charge is 0.427 e. The molecule has 0 saturated heterocycles. The summed E-state index contributed by atoms with van der Waals surface area (Å²) in [5.41, 5.74) is -2.18. The fourth-order valence-electron chi connectivity index (χ4n) is 2.74. The maximum atomic E-state index is 13.3. The zero-order valence-corrected chi connectivity index (χ0v) is 18.9. The van der Waals surface area contributed by atoms with E-state index < -0.39 is 28.9 Å². The zero-order chi connectivity index (χ0) is 23.7. The van der Waals surface area contributed by atoms with E-state index in [1.165, 1.54) is 29.6 Å². The van der Waals surface area contributed by atoms with Crippen LogP contribution in [-0.4, -0.2) is 42.3 Å². The molecule has 1 amide bonds. The minimum atomic E-state index is -4.74. The molecular formula is C20H20ClF3N2O5S. The molecule has 1 unspecified atom stereocenters. The van der Waals surface area contributed by atoms with Crippen LogP contribution in [0, 0.1) is 0 Å². The molecule has 1 aliphatic rings. The number of hydrogen-bond donors (Lipinski definition) is 1. The van der Waals surface area contributed by atoms with Crippen LogP contribution in [-0.2, 0) is 15.7 Å². The monoisotopic (exact) mass is 492 g/mol. The van der Waals surface area contributed by atoms with Crippen LogP contribution in [0.15, 0.2) is 41.3 Å². The molecule has 32 heavy (non-hydrogen) atoms. The molecule has 0 spiro atoms. The Hall–Kier alpha value is -2.66. The molecule has 0 radical (unpaired) electrons. The van der Waals surface area contributed by atoms with Gasteiger partial charge in [-0.1, -0.05) is 11.6 Å². The van der Waals surface area contributed by atoms with Gasteiger partial charge in [-0.25, -0.2) is 9.00 Å². The van der Waals surface area contributed by atoms with Crippen molar-refractivity contribution in [3.8, 4) is 11.5 Å². The molecule has 0 aliphatic carbocycles. The molecule has 0 saturated carbocycles. The van der Waals surface area contributed by atoms with Gasteiger partial charge in [0.15, 0.2) is 11.0 Å². The highest BCUT2D eigenvalue weighted by molar-refractivity contribution is 7.86. The summed E-state index contributed by atoms with van der Waals surface area (Å²) in [6, 6.07) is 9.12. The van der Waals surface area contributed by atoms with Crippen LogP contribution in [0.3, 0.4) is 0 Å². The topological polar surface area (TPSA) is 77.1 Å². The third kappa shape index (κ3) is 5.04. The van der Waals surface area contributed by atoms with Crippen molar-refractivity contribution in [3.05, 3.63) is 41.4 Å². The van der Waals surface area contributed by atoms with E-state index in [4.69, 9.17) is 21.1 Å². The fourth-order valence-corrected chi connectivity index (χ4v) is 4.31. The van der Waals surface area contributed by atoms with E-state index in [1.54, 1.807) is 18.2 Å². The lowest BCUT2D eigenvalue weighted by Gasteiger charge is -2.31. The Morgan fingerprint density at radius 1 is 1.22 bits per heavy atom. The van der Waals surface area contributed by atoms with Gasteiger partial charge in [-0.05, 0) is 50.2 Å². The second-order valence-electron chi connectivity index (χ2n) is 7.20. The van der Waals surface area contributed by atoms with Gasteiger partial charge in [-0.2, -0.15) is 13.2 Å². The summed E-state index contributed by atoms with van der Waals surface area (Å²) in [7, 11) is -0.285. The number of amides is 1. The highest BCUT2D eigenvalue weighted by Crippen LogP contribution is 2.38. The van der Waals surface area contributed by atoms with Gasteiger partial charge in [0.25, 0.3) is 0 Å². The maximum Gasteiger partial charge on any atom is 0.427 e. The first-order valence-electron chi connectivity index (χ1n) is 9.29. The first kappa shape index (κ1) is 24.0. The van der Waals surface area contributed by atoms with E-state index in [9.17, 15) is 22.2 Å². The van der Waals surface area contributed by atoms with E-state index >= 15 is 0 Å². The lowest BCUT2D eigenvalue weighted by atomic mass is 10.1. The number of hydrogen-bond acceptors (Lipinski definition) is 5. The number of alkyl halides is 3. The van der Waals surface area contributed by atoms with Gasteiger partial charge in [0.05, 0.1) is 29.3 Å². The largest absolute Gasteiger partial charge is 0.497 e. The number of carbonyl (C=O) groups is 1. The van der Waals surface area contributed by atoms with Crippen molar-refractivity contribution in [2.24, 2.45) is 0 Å². The van der Waals surface area contributed by atoms with Crippen molar-refractivity contribution >= 4 is 40.1 Å². The molecule has 0 fully saturated rings. The van der Waals surface area contributed by atoms with Gasteiger partial charge in [0.2, 0.25) is 5.60 Å². The molecule has 1 atom stereocenters. The Balaban J connectivity index is 1.86. The van der Waals surface area contributed by atoms with Crippen molar-refractivity contribution < 1.29 is 36.4 Å². The molecule has 12 heteroatoms. The number of nitrogens with zero attached hydrogens (tertiary/aromatic N) is 1. The van der Waals surface area contributed by atoms with E-state index in [2.05, 4.69) is 10.1 Å². The van der Waals surface area contributed by atoms with Crippen molar-refractivity contribution in [1.82, 2.24) is 0 Å². The quantitative estimate of drug-likeness (QED) is 0.624. The number of anilines is 2. The summed E-state index contributed by atoms with van der Waals surface area (Å²) in [6.45, 7) is 1.98. The second-order valence-corrected chi connectivity index (χ2v) is 8.99. The Morgan fingerprint density at radius 3 is 2.59 bits per heavy atom. The molecule has 174 valence electrons. The van der Waals surface area contributed by atoms with E-state index in [-0.39, 0.29) is 23.9 Å². The maximum absolute atomic E-state index is 13.3. The molecular weight excluding hydrogens is 473 g/mol. The van der Waals surface area contributed by atoms with E-state index in [1.807, 2.05) is 0 Å². The first-order valence-corrected chi connectivity index (χ1v) is 10.8. The lowest BCUT2D eigenvalue weighted by Crippen LogP contribution is -2.44. The van der Waals surface area contributed by atoms with Crippen LogP contribution in [0.4, 0.5) is 29.3 Å². The molecule has 2 aromatic carbocycles. The van der Waals surface area contributed by atoms with Gasteiger partial charge < -0.3 is 14.2 Å². The van der Waals surface area contributed by atoms with Gasteiger partial charge in [-0.3, -0.25) is 9.62 Å². The van der Waals surface area contributed by atoms with Crippen molar-refractivity contribution in [2.45, 2.75) is 30.5 Å². The van der Waals surface area contributed by atoms with Crippen LogP contribution < -0.4 is 19.1 Å². The van der Waals surface area contributed by atoms with Gasteiger partial charge in [-0.15, -0.1) is 0 Å². The van der Waals surface area contributed by atoms with E-state index in [0.29, 0.717) is 22.1 Å². The summed E-state index contributed by atoms with van der Waals surface area (Å²) < 4.78 is 69.0. The number of carbonyl (C=O) groups excluding carboxylic acids is 1. The molecule has 1 N–H and O–H groups in total. The highest BCUT2D eigenvalue weighted by atomic mass is 35.5. The van der Waals surface area contributed by atoms with Crippen LogP contribution >= 0.6 is 11.6 Å². The summed E-state index contributed by atoms with van der Waals surface area (Å²) in [4.78, 5) is 12.3. The van der Waals surface area contributed by atoms with Crippen LogP contribution in [0.2, 0.25) is 5.02 Å². The van der Waals surface area contributed by atoms with E-state index in [0.717, 1.165) is 13.8 Å². The highest BCUT2D eigenvalue weighted by Gasteiger charge is 2.51. The standard InChI is InChI=1S/C20H20ClF3N2O5S/c1-19(2,20(22,23)24)31-18(27)25-12-4-7-16-15(10-12)26(8-9-30-16)32(28)17-11-13(29-3)5-6-14(17)21/h4-7,10-11H,8-9H2,1-3H3,(H,25,27). The Kier molecular flexibility index (Phi) is 6.80. The Bertz CT molecular complexity index is 1050. The third-order valence-corrected chi connectivity index (χ3v) is 6.52. The number of benzene rings is 2. The van der Waals surface area contributed by atoms with Gasteiger partial charge >= 0.3 is 12.3 Å². The normalized spacial score (nSPS) is 14.8. The van der Waals surface area contributed by atoms with Crippen LogP contribution in [0.1, 0.15) is 13.8 Å². The summed E-state index contributed by atoms with van der Waals surface area (Å²) >= 11 is 6.22. The minimum absolute atomic E-state index is 0.135. The average molecular weight is 493 g/mol. The fraction of sp³-hybridized carbons (Fsp3) is 0.350. The van der Waals surface area contributed by atoms with Gasteiger partial charge in [0, 0.05) is 5.69 Å². The number of fused-ring (bicyclic) bond motifs is 1. The number of nitrogens with one attached hydrogen (secondary N) is 1. The van der Waals surface area contributed by atoms with Crippen molar-refractivity contribution in [1.29, 1.82) is 0 Å². The molecule has 7 nitrogen and oxygen atoms in total. The molecule has 2 aromatic rings. The zero-order valence-electron chi connectivity index (χ0n) is 17.3. The molecule has 0 aromatic heterocycles. The molecule has 1 heterocycles. The summed E-state index contributed by atoms with van der Waals surface area (Å²) in [5, 5.41) is 2.53. The Labute approximate surface area is 190 Å². The number of halogens is 4. The Morgan fingerprint density at radius 2 is 1.94 bits per heavy atom. The predicted octanol–water partition coefficient (Wildman–Crippen LogP) is 5.16. The average Bonchev–Trinajstić information content (AvgIpc) is 2.72. The second kappa shape index (κ2) is 9.07. The number of rotatable bonds is 5. The lowest BCUT2D eigenvalue weighted by molar-refractivity contribution is -0.242.